The van der Waals surface area contributed by atoms with E-state index in [1.165, 1.54) is 0 Å². The molecule has 0 bridgehead atoms. The Bertz CT molecular complexity index is 342. The summed E-state index contributed by atoms with van der Waals surface area (Å²) in [6, 6.07) is 0. The van der Waals surface area contributed by atoms with Gasteiger partial charge in [-0.1, -0.05) is 60.8 Å². The van der Waals surface area contributed by atoms with Gasteiger partial charge in [-0.05, 0) is 24.2 Å². The predicted molar refractivity (Wildman–Crippen MR) is 88.4 cm³/mol. The summed E-state index contributed by atoms with van der Waals surface area (Å²) in [5, 5.41) is 0. The molecule has 0 heterocycles. The van der Waals surface area contributed by atoms with Crippen molar-refractivity contribution in [3.63, 3.8) is 0 Å². The van der Waals surface area contributed by atoms with Crippen LogP contribution in [0, 0.1) is 11.3 Å². The fourth-order valence-corrected chi connectivity index (χ4v) is 3.77. The third kappa shape index (κ3) is 9.76. The first-order valence-electron chi connectivity index (χ1n) is 8.06. The summed E-state index contributed by atoms with van der Waals surface area (Å²) in [4.78, 5) is 0. The van der Waals surface area contributed by atoms with Crippen molar-refractivity contribution in [2.45, 2.75) is 73.6 Å². The maximum Gasteiger partial charge on any atom is 0.214 e. The molecule has 0 fully saturated rings. The summed E-state index contributed by atoms with van der Waals surface area (Å²) >= 11 is 0. The summed E-state index contributed by atoms with van der Waals surface area (Å²) < 4.78 is 26.7. The molecule has 0 amide bonds. The van der Waals surface area contributed by atoms with Crippen LogP contribution in [0.2, 0.25) is 0 Å². The standard InChI is InChI=1S/C16H35NO2S/c1-7-8-9-10-13-20(18,19)17(14-15(2)3)12-11-16(4,5)6/h15H,7-14H2,1-6H3. The summed E-state index contributed by atoms with van der Waals surface area (Å²) in [6.07, 6.45) is 4.99. The molecular formula is C16H35NO2S. The summed E-state index contributed by atoms with van der Waals surface area (Å²) in [5.41, 5.74) is 0.174. The lowest BCUT2D eigenvalue weighted by molar-refractivity contribution is 0.293. The van der Waals surface area contributed by atoms with E-state index in [1.807, 2.05) is 0 Å². The Kier molecular flexibility index (Phi) is 8.99. The number of rotatable bonds is 10. The van der Waals surface area contributed by atoms with Crippen molar-refractivity contribution in [1.29, 1.82) is 0 Å². The van der Waals surface area contributed by atoms with E-state index in [-0.39, 0.29) is 5.41 Å². The van der Waals surface area contributed by atoms with Gasteiger partial charge in [-0.3, -0.25) is 0 Å². The molecular weight excluding hydrogens is 270 g/mol. The molecule has 0 aromatic rings. The average Bonchev–Trinajstić information content (AvgIpc) is 2.28. The minimum atomic E-state index is -3.09. The van der Waals surface area contributed by atoms with Gasteiger partial charge in [-0.15, -0.1) is 0 Å². The fourth-order valence-electron chi connectivity index (χ4n) is 2.05. The van der Waals surface area contributed by atoms with Crippen LogP contribution in [0.15, 0.2) is 0 Å². The molecule has 0 aliphatic heterocycles. The van der Waals surface area contributed by atoms with Gasteiger partial charge in [0.05, 0.1) is 5.75 Å². The Labute approximate surface area is 127 Å². The number of nitrogens with zero attached hydrogens (tertiary/aromatic N) is 1. The molecule has 0 aromatic carbocycles. The number of sulfonamides is 1. The van der Waals surface area contributed by atoms with Gasteiger partial charge in [0.1, 0.15) is 0 Å². The Morgan fingerprint density at radius 1 is 1.05 bits per heavy atom. The van der Waals surface area contributed by atoms with Gasteiger partial charge in [0.2, 0.25) is 10.0 Å². The van der Waals surface area contributed by atoms with E-state index in [0.717, 1.165) is 32.1 Å². The van der Waals surface area contributed by atoms with E-state index in [2.05, 4.69) is 41.5 Å². The molecule has 0 rings (SSSR count). The van der Waals surface area contributed by atoms with Gasteiger partial charge < -0.3 is 0 Å². The van der Waals surface area contributed by atoms with Crippen LogP contribution in [0.4, 0.5) is 0 Å². The molecule has 0 aliphatic carbocycles. The van der Waals surface area contributed by atoms with Crippen LogP contribution in [0.3, 0.4) is 0 Å². The van der Waals surface area contributed by atoms with E-state index >= 15 is 0 Å². The Morgan fingerprint density at radius 3 is 2.10 bits per heavy atom. The SMILES string of the molecule is CCCCCCS(=O)(=O)N(CCC(C)(C)C)CC(C)C. The highest BCUT2D eigenvalue weighted by Crippen LogP contribution is 2.21. The molecule has 20 heavy (non-hydrogen) atoms. The van der Waals surface area contributed by atoms with Crippen molar-refractivity contribution >= 4 is 10.0 Å². The molecule has 0 N–H and O–H groups in total. The molecule has 0 aromatic heterocycles. The summed E-state index contributed by atoms with van der Waals surface area (Å²) in [7, 11) is -3.09. The first kappa shape index (κ1) is 19.9. The van der Waals surface area contributed by atoms with Gasteiger partial charge in [0, 0.05) is 13.1 Å². The second-order valence-electron chi connectivity index (χ2n) is 7.44. The first-order valence-corrected chi connectivity index (χ1v) is 9.67. The average molecular weight is 306 g/mol. The molecule has 4 heteroatoms. The van der Waals surface area contributed by atoms with Crippen LogP contribution < -0.4 is 0 Å². The van der Waals surface area contributed by atoms with Gasteiger partial charge in [0.25, 0.3) is 0 Å². The zero-order valence-electron chi connectivity index (χ0n) is 14.4. The van der Waals surface area contributed by atoms with E-state index in [4.69, 9.17) is 0 Å². The van der Waals surface area contributed by atoms with Crippen LogP contribution >= 0.6 is 0 Å². The van der Waals surface area contributed by atoms with Gasteiger partial charge in [0.15, 0.2) is 0 Å². The van der Waals surface area contributed by atoms with E-state index in [0.29, 0.717) is 24.8 Å². The van der Waals surface area contributed by atoms with Crippen LogP contribution in [-0.4, -0.2) is 31.6 Å². The molecule has 0 saturated carbocycles. The third-order valence-electron chi connectivity index (χ3n) is 3.33. The normalized spacial score (nSPS) is 13.4. The van der Waals surface area contributed by atoms with Crippen molar-refractivity contribution in [3.8, 4) is 0 Å². The van der Waals surface area contributed by atoms with Crippen molar-refractivity contribution in [2.75, 3.05) is 18.8 Å². The van der Waals surface area contributed by atoms with Gasteiger partial charge in [-0.2, -0.15) is 0 Å². The summed E-state index contributed by atoms with van der Waals surface area (Å²) in [5.74, 6) is 0.685. The molecule has 3 nitrogen and oxygen atoms in total. The highest BCUT2D eigenvalue weighted by Gasteiger charge is 2.24. The molecule has 0 saturated heterocycles. The first-order chi connectivity index (χ1) is 9.08. The topological polar surface area (TPSA) is 37.4 Å². The van der Waals surface area contributed by atoms with Crippen molar-refractivity contribution < 1.29 is 8.42 Å². The minimum Gasteiger partial charge on any atom is -0.212 e. The smallest absolute Gasteiger partial charge is 0.212 e. The second-order valence-corrected chi connectivity index (χ2v) is 9.53. The summed E-state index contributed by atoms with van der Waals surface area (Å²) in [6.45, 7) is 14.1. The molecule has 0 unspecified atom stereocenters. The Morgan fingerprint density at radius 2 is 1.65 bits per heavy atom. The van der Waals surface area contributed by atoms with Crippen LogP contribution in [-0.2, 0) is 10.0 Å². The zero-order valence-corrected chi connectivity index (χ0v) is 15.2. The molecule has 0 atom stereocenters. The second kappa shape index (κ2) is 9.04. The lowest BCUT2D eigenvalue weighted by atomic mass is 9.92. The fraction of sp³-hybridized carbons (Fsp3) is 1.00. The van der Waals surface area contributed by atoms with Gasteiger partial charge in [-0.25, -0.2) is 12.7 Å². The lowest BCUT2D eigenvalue weighted by Gasteiger charge is -2.27. The van der Waals surface area contributed by atoms with E-state index in [1.54, 1.807) is 4.31 Å². The minimum absolute atomic E-state index is 0.174. The van der Waals surface area contributed by atoms with Crippen LogP contribution in [0.1, 0.15) is 73.6 Å². The maximum absolute atomic E-state index is 12.5. The van der Waals surface area contributed by atoms with Crippen LogP contribution in [0.25, 0.3) is 0 Å². The quantitative estimate of drug-likeness (QED) is 0.565. The van der Waals surface area contributed by atoms with Gasteiger partial charge >= 0.3 is 0 Å². The monoisotopic (exact) mass is 305 g/mol. The van der Waals surface area contributed by atoms with Crippen LogP contribution in [0.5, 0.6) is 0 Å². The van der Waals surface area contributed by atoms with E-state index in [9.17, 15) is 8.42 Å². The van der Waals surface area contributed by atoms with Crippen molar-refractivity contribution in [2.24, 2.45) is 11.3 Å². The van der Waals surface area contributed by atoms with Crippen molar-refractivity contribution in [1.82, 2.24) is 4.31 Å². The zero-order chi connectivity index (χ0) is 15.8. The molecule has 0 aliphatic rings. The number of hydrogen-bond acceptors (Lipinski definition) is 2. The third-order valence-corrected chi connectivity index (χ3v) is 5.25. The highest BCUT2D eigenvalue weighted by molar-refractivity contribution is 7.89. The van der Waals surface area contributed by atoms with Crippen molar-refractivity contribution in [3.05, 3.63) is 0 Å². The molecule has 0 spiro atoms. The maximum atomic E-state index is 12.5. The molecule has 122 valence electrons. The number of hydrogen-bond donors (Lipinski definition) is 0. The van der Waals surface area contributed by atoms with E-state index < -0.39 is 10.0 Å². The predicted octanol–water partition coefficient (Wildman–Crippen LogP) is 4.29. The lowest BCUT2D eigenvalue weighted by Crippen LogP contribution is -2.38. The Balaban J connectivity index is 4.57. The Hall–Kier alpha value is -0.0900. The number of unbranched alkanes of at least 4 members (excludes halogenated alkanes) is 3. The largest absolute Gasteiger partial charge is 0.214 e. The highest BCUT2D eigenvalue weighted by atomic mass is 32.2. The molecule has 0 radical (unpaired) electrons.